The third kappa shape index (κ3) is 5.26. The quantitative estimate of drug-likeness (QED) is 0.587. The van der Waals surface area contributed by atoms with E-state index in [1.54, 1.807) is 0 Å². The maximum Gasteiger partial charge on any atom is 0.276 e. The van der Waals surface area contributed by atoms with E-state index in [0.29, 0.717) is 0 Å². The topological polar surface area (TPSA) is 12.5 Å². The fourth-order valence-corrected chi connectivity index (χ4v) is 14.8. The van der Waals surface area contributed by atoms with Crippen LogP contribution in [0.2, 0.25) is 37.8 Å². The van der Waals surface area contributed by atoms with Gasteiger partial charge in [-0.05, 0) is 37.6 Å². The van der Waals surface area contributed by atoms with Crippen molar-refractivity contribution in [3.63, 3.8) is 0 Å². The van der Waals surface area contributed by atoms with Crippen LogP contribution >= 0.6 is 0 Å². The molecule has 0 amide bonds. The third-order valence-electron chi connectivity index (χ3n) is 4.59. The Morgan fingerprint density at radius 3 is 2.00 bits per heavy atom. The highest BCUT2D eigenvalue weighted by molar-refractivity contribution is 6.91. The van der Waals surface area contributed by atoms with Crippen LogP contribution in [0.1, 0.15) is 40.5 Å². The lowest BCUT2D eigenvalue weighted by molar-refractivity contribution is 0.424. The molecular weight excluding hydrogens is 294 g/mol. The number of nitrogens with zero attached hydrogens (tertiary/aromatic N) is 1. The van der Waals surface area contributed by atoms with Crippen molar-refractivity contribution in [2.24, 2.45) is 0 Å². The lowest BCUT2D eigenvalue weighted by atomic mass is 10.2. The number of unbranched alkanes of at least 4 members (excludes halogenated alkanes) is 1. The lowest BCUT2D eigenvalue weighted by Gasteiger charge is -2.48. The minimum absolute atomic E-state index is 0.263. The van der Waals surface area contributed by atoms with E-state index in [2.05, 4.69) is 76.9 Å². The van der Waals surface area contributed by atoms with Gasteiger partial charge in [-0.15, -0.1) is 6.58 Å². The molecule has 0 aromatic carbocycles. The zero-order valence-electron chi connectivity index (χ0n) is 15.3. The zero-order valence-corrected chi connectivity index (χ0v) is 18.5. The first-order valence-corrected chi connectivity index (χ1v) is 16.2. The van der Waals surface area contributed by atoms with E-state index < -0.39 is 25.8 Å². The number of rotatable bonds is 8. The average molecular weight is 332 g/mol. The molecule has 0 rings (SSSR count). The molecule has 0 aliphatic rings. The van der Waals surface area contributed by atoms with Gasteiger partial charge in [0.1, 0.15) is 8.96 Å². The molecule has 0 saturated carbocycles. The molecule has 0 saturated heterocycles. The molecule has 0 aromatic rings. The summed E-state index contributed by atoms with van der Waals surface area (Å²) in [5.74, 6) is 0. The molecule has 0 bridgehead atoms. The Bertz CT molecular complexity index is 313. The molecule has 0 aromatic heterocycles. The minimum atomic E-state index is -1.98. The third-order valence-corrected chi connectivity index (χ3v) is 18.6. The monoisotopic (exact) mass is 331 g/mol. The lowest BCUT2D eigenvalue weighted by Crippen LogP contribution is -2.63. The van der Waals surface area contributed by atoms with Crippen LogP contribution in [0.4, 0.5) is 0 Å². The van der Waals surface area contributed by atoms with Crippen molar-refractivity contribution in [3.05, 3.63) is 12.3 Å². The Hall–Kier alpha value is 0.311. The second-order valence-electron chi connectivity index (χ2n) is 7.76. The van der Waals surface area contributed by atoms with Crippen molar-refractivity contribution in [1.82, 2.24) is 4.23 Å². The van der Waals surface area contributed by atoms with Crippen LogP contribution in [-0.4, -0.2) is 36.5 Å². The van der Waals surface area contributed by atoms with Gasteiger partial charge in [-0.2, -0.15) is 0 Å². The highest BCUT2D eigenvalue weighted by Crippen LogP contribution is 2.39. The molecule has 2 nitrogen and oxygen atoms in total. The van der Waals surface area contributed by atoms with Gasteiger partial charge < -0.3 is 8.35 Å². The van der Waals surface area contributed by atoms with Gasteiger partial charge in [0.2, 0.25) is 0 Å². The van der Waals surface area contributed by atoms with Gasteiger partial charge in [-0.3, -0.25) is 0 Å². The van der Waals surface area contributed by atoms with Crippen LogP contribution in [0.25, 0.3) is 0 Å². The smallest absolute Gasteiger partial charge is 0.276 e. The molecule has 1 unspecified atom stereocenters. The van der Waals surface area contributed by atoms with Crippen molar-refractivity contribution in [3.8, 4) is 0 Å². The summed E-state index contributed by atoms with van der Waals surface area (Å²) in [5.41, 5.74) is 2.16. The molecule has 0 spiro atoms. The van der Waals surface area contributed by atoms with E-state index in [1.165, 1.54) is 19.4 Å². The maximum absolute atomic E-state index is 6.88. The Labute approximate surface area is 131 Å². The highest BCUT2D eigenvalue weighted by Gasteiger charge is 2.46. The standard InChI is InChI=1S/C15H37NOSi3/c1-11-13-14-16(18(6)7)20(10,12-2)17-19(8,9)15(3,4)5/h12,18H,2,11,13-14H2,1,3-10H3. The van der Waals surface area contributed by atoms with Gasteiger partial charge >= 0.3 is 0 Å². The first-order chi connectivity index (χ1) is 8.91. The van der Waals surface area contributed by atoms with E-state index in [9.17, 15) is 0 Å². The minimum Gasteiger partial charge on any atom is -0.441 e. The molecule has 0 fully saturated rings. The Kier molecular flexibility index (Phi) is 7.65. The van der Waals surface area contributed by atoms with Gasteiger partial charge in [0, 0.05) is 0 Å². The average Bonchev–Trinajstić information content (AvgIpc) is 2.26. The molecule has 20 heavy (non-hydrogen) atoms. The number of hydrogen-bond donors (Lipinski definition) is 0. The Morgan fingerprint density at radius 1 is 1.20 bits per heavy atom. The molecule has 0 aliphatic carbocycles. The summed E-state index contributed by atoms with van der Waals surface area (Å²) in [6.07, 6.45) is 2.52. The molecule has 0 N–H and O–H groups in total. The summed E-state index contributed by atoms with van der Waals surface area (Å²) in [7, 11) is -4.60. The summed E-state index contributed by atoms with van der Waals surface area (Å²) in [6.45, 7) is 26.5. The highest BCUT2D eigenvalue weighted by atomic mass is 28.5. The predicted molar refractivity (Wildman–Crippen MR) is 101 cm³/mol. The van der Waals surface area contributed by atoms with E-state index in [0.717, 1.165) is 0 Å². The number of hydrogen-bond acceptors (Lipinski definition) is 2. The second kappa shape index (κ2) is 7.54. The predicted octanol–water partition coefficient (Wildman–Crippen LogP) is 4.89. The summed E-state index contributed by atoms with van der Waals surface area (Å²) < 4.78 is 9.61. The van der Waals surface area contributed by atoms with Crippen molar-refractivity contribution in [2.75, 3.05) is 6.54 Å². The van der Waals surface area contributed by atoms with Crippen LogP contribution < -0.4 is 0 Å². The fraction of sp³-hybridized carbons (Fsp3) is 0.867. The summed E-state index contributed by atoms with van der Waals surface area (Å²) in [5, 5.41) is 0.263. The van der Waals surface area contributed by atoms with Crippen LogP contribution in [0.3, 0.4) is 0 Å². The first-order valence-electron chi connectivity index (χ1n) is 8.02. The summed E-state index contributed by atoms with van der Waals surface area (Å²) in [6, 6.07) is 0. The van der Waals surface area contributed by atoms with Gasteiger partial charge in [0.05, 0.1) is 0 Å². The molecule has 120 valence electrons. The van der Waals surface area contributed by atoms with E-state index in [-0.39, 0.29) is 5.04 Å². The zero-order chi connectivity index (χ0) is 16.2. The molecule has 0 radical (unpaired) electrons. The van der Waals surface area contributed by atoms with Gasteiger partial charge in [-0.1, -0.05) is 52.9 Å². The summed E-state index contributed by atoms with van der Waals surface area (Å²) >= 11 is 0. The largest absolute Gasteiger partial charge is 0.441 e. The van der Waals surface area contributed by atoms with Gasteiger partial charge in [0.25, 0.3) is 8.48 Å². The van der Waals surface area contributed by atoms with Gasteiger partial charge in [-0.25, -0.2) is 0 Å². The Balaban J connectivity index is 5.29. The second-order valence-corrected chi connectivity index (χ2v) is 19.5. The van der Waals surface area contributed by atoms with Crippen molar-refractivity contribution in [2.45, 2.75) is 78.3 Å². The van der Waals surface area contributed by atoms with Crippen molar-refractivity contribution < 1.29 is 4.12 Å². The molecule has 0 heterocycles. The SMILES string of the molecule is C=C[Si](C)(O[Si](C)(C)C(C)(C)C)N(CCCC)[SiH](C)C. The molecular formula is C15H37NOSi3. The van der Waals surface area contributed by atoms with Crippen molar-refractivity contribution >= 4 is 25.8 Å². The maximum atomic E-state index is 6.88. The van der Waals surface area contributed by atoms with Crippen LogP contribution in [0, 0.1) is 0 Å². The van der Waals surface area contributed by atoms with E-state index >= 15 is 0 Å². The van der Waals surface area contributed by atoms with E-state index in [4.69, 9.17) is 4.12 Å². The fourth-order valence-electron chi connectivity index (χ4n) is 2.21. The molecule has 1 atom stereocenters. The summed E-state index contributed by atoms with van der Waals surface area (Å²) in [4.78, 5) is 0. The molecule has 5 heteroatoms. The van der Waals surface area contributed by atoms with Crippen LogP contribution in [0.15, 0.2) is 12.3 Å². The first kappa shape index (κ1) is 20.3. The molecule has 0 aliphatic heterocycles. The van der Waals surface area contributed by atoms with Gasteiger partial charge in [0.15, 0.2) is 8.32 Å². The van der Waals surface area contributed by atoms with Crippen molar-refractivity contribution in [1.29, 1.82) is 0 Å². The van der Waals surface area contributed by atoms with Crippen LogP contribution in [0.5, 0.6) is 0 Å². The van der Waals surface area contributed by atoms with E-state index in [1.807, 2.05) is 0 Å². The Morgan fingerprint density at radius 2 is 1.70 bits per heavy atom. The van der Waals surface area contributed by atoms with Crippen LogP contribution in [-0.2, 0) is 4.12 Å². The normalized spacial score (nSPS) is 16.6.